The summed E-state index contributed by atoms with van der Waals surface area (Å²) in [6, 6.07) is 1.31. The predicted octanol–water partition coefficient (Wildman–Crippen LogP) is 1.80. The maximum atomic E-state index is 13.8. The molecule has 0 saturated heterocycles. The molecule has 0 radical (unpaired) electrons. The van der Waals surface area contributed by atoms with E-state index in [1.807, 2.05) is 0 Å². The van der Waals surface area contributed by atoms with Crippen LogP contribution in [0.15, 0.2) is 12.1 Å². The number of hydrogen-bond acceptors (Lipinski definition) is 4. The predicted molar refractivity (Wildman–Crippen MR) is 61.3 cm³/mol. The van der Waals surface area contributed by atoms with Gasteiger partial charge in [0.25, 0.3) is 0 Å². The summed E-state index contributed by atoms with van der Waals surface area (Å²) in [6.07, 6.45) is -0.0876. The Morgan fingerprint density at radius 3 is 2.50 bits per heavy atom. The third kappa shape index (κ3) is 3.16. The lowest BCUT2D eigenvalue weighted by Gasteiger charge is -2.17. The first-order chi connectivity index (χ1) is 8.53. The number of hydrogen-bond donors (Lipinski definition) is 1. The summed E-state index contributed by atoms with van der Waals surface area (Å²) in [5.74, 6) is -2.01. The van der Waals surface area contributed by atoms with E-state index in [2.05, 4.69) is 14.8 Å². The van der Waals surface area contributed by atoms with Crippen molar-refractivity contribution in [1.82, 2.24) is 5.32 Å². The van der Waals surface area contributed by atoms with E-state index in [1.165, 1.54) is 14.2 Å². The van der Waals surface area contributed by atoms with Gasteiger partial charge in [-0.25, -0.2) is 8.78 Å². The summed E-state index contributed by atoms with van der Waals surface area (Å²) in [5.41, 5.74) is 0.0567. The molecular weight excluding hydrogens is 244 g/mol. The highest BCUT2D eigenvalue weighted by Gasteiger charge is 2.20. The van der Waals surface area contributed by atoms with Crippen molar-refractivity contribution in [3.8, 4) is 5.75 Å². The monoisotopic (exact) mass is 259 g/mol. The first kappa shape index (κ1) is 14.4. The number of nitrogens with one attached hydrogen (secondary N) is 1. The van der Waals surface area contributed by atoms with E-state index >= 15 is 0 Å². The molecule has 0 spiro atoms. The third-order valence-electron chi connectivity index (χ3n) is 2.59. The third-order valence-corrected chi connectivity index (χ3v) is 2.59. The van der Waals surface area contributed by atoms with Crippen LogP contribution in [0.1, 0.15) is 18.0 Å². The Kier molecular flexibility index (Phi) is 5.03. The molecule has 1 N–H and O–H groups in total. The minimum atomic E-state index is -0.681. The molecule has 4 nitrogen and oxygen atoms in total. The van der Waals surface area contributed by atoms with Gasteiger partial charge in [0, 0.05) is 17.7 Å². The Balaban J connectivity index is 3.06. The largest absolute Gasteiger partial charge is 0.494 e. The highest BCUT2D eigenvalue weighted by molar-refractivity contribution is 5.70. The van der Waals surface area contributed by atoms with E-state index in [1.54, 1.807) is 7.05 Å². The molecule has 0 bridgehead atoms. The second-order valence-corrected chi connectivity index (χ2v) is 3.63. The highest BCUT2D eigenvalue weighted by atomic mass is 19.1. The van der Waals surface area contributed by atoms with Crippen LogP contribution in [-0.4, -0.2) is 27.2 Å². The van der Waals surface area contributed by atoms with E-state index in [9.17, 15) is 13.6 Å². The van der Waals surface area contributed by atoms with E-state index in [0.717, 1.165) is 12.1 Å². The number of carbonyl (C=O) groups excluding carboxylic acids is 1. The summed E-state index contributed by atoms with van der Waals surface area (Å²) < 4.78 is 36.4. The van der Waals surface area contributed by atoms with Crippen LogP contribution in [0, 0.1) is 11.6 Å². The number of benzene rings is 1. The van der Waals surface area contributed by atoms with Gasteiger partial charge in [0.2, 0.25) is 0 Å². The summed E-state index contributed by atoms with van der Waals surface area (Å²) in [6.45, 7) is 0. The van der Waals surface area contributed by atoms with Crippen LogP contribution < -0.4 is 10.1 Å². The van der Waals surface area contributed by atoms with E-state index in [0.29, 0.717) is 0 Å². The van der Waals surface area contributed by atoms with Gasteiger partial charge in [-0.2, -0.15) is 0 Å². The molecule has 0 fully saturated rings. The number of ether oxygens (including phenoxy) is 2. The van der Waals surface area contributed by atoms with Crippen molar-refractivity contribution in [2.24, 2.45) is 0 Å². The standard InChI is InChI=1S/C12H15F2NO3/c1-15-10(6-12(16)18-3)7-4-9(14)11(17-2)5-8(7)13/h4-5,10,15H,6H2,1-3H3. The fourth-order valence-electron chi connectivity index (χ4n) is 1.58. The van der Waals surface area contributed by atoms with Crippen molar-refractivity contribution < 1.29 is 23.0 Å². The molecule has 1 rings (SSSR count). The molecule has 18 heavy (non-hydrogen) atoms. The topological polar surface area (TPSA) is 47.6 Å². The molecule has 0 heterocycles. The first-order valence-corrected chi connectivity index (χ1v) is 5.30. The Hall–Kier alpha value is -1.69. The van der Waals surface area contributed by atoms with Gasteiger partial charge >= 0.3 is 5.97 Å². The van der Waals surface area contributed by atoms with Crippen LogP contribution in [0.5, 0.6) is 5.75 Å². The fourth-order valence-corrected chi connectivity index (χ4v) is 1.58. The molecule has 1 aromatic carbocycles. The van der Waals surface area contributed by atoms with Gasteiger partial charge in [0.15, 0.2) is 11.6 Å². The van der Waals surface area contributed by atoms with Crippen LogP contribution in [-0.2, 0) is 9.53 Å². The van der Waals surface area contributed by atoms with Gasteiger partial charge < -0.3 is 14.8 Å². The average Bonchev–Trinajstić information content (AvgIpc) is 2.38. The molecule has 0 aromatic heterocycles. The maximum absolute atomic E-state index is 13.8. The van der Waals surface area contributed by atoms with Gasteiger partial charge in [-0.3, -0.25) is 4.79 Å². The quantitative estimate of drug-likeness (QED) is 0.819. The minimum absolute atomic E-state index is 0.0567. The van der Waals surface area contributed by atoms with Crippen molar-refractivity contribution in [3.05, 3.63) is 29.3 Å². The van der Waals surface area contributed by atoms with Crippen molar-refractivity contribution in [2.75, 3.05) is 21.3 Å². The highest BCUT2D eigenvalue weighted by Crippen LogP contribution is 2.27. The number of halogens is 2. The second-order valence-electron chi connectivity index (χ2n) is 3.63. The Morgan fingerprint density at radius 2 is 2.00 bits per heavy atom. The Labute approximate surface area is 104 Å². The number of methoxy groups -OCH3 is 2. The van der Waals surface area contributed by atoms with Gasteiger partial charge in [-0.15, -0.1) is 0 Å². The lowest BCUT2D eigenvalue weighted by atomic mass is 10.0. The van der Waals surface area contributed by atoms with Crippen molar-refractivity contribution in [3.63, 3.8) is 0 Å². The van der Waals surface area contributed by atoms with E-state index < -0.39 is 23.6 Å². The fraction of sp³-hybridized carbons (Fsp3) is 0.417. The van der Waals surface area contributed by atoms with Crippen molar-refractivity contribution >= 4 is 5.97 Å². The average molecular weight is 259 g/mol. The van der Waals surface area contributed by atoms with Crippen LogP contribution >= 0.6 is 0 Å². The van der Waals surface area contributed by atoms with Crippen LogP contribution in [0.3, 0.4) is 0 Å². The van der Waals surface area contributed by atoms with E-state index in [-0.39, 0.29) is 17.7 Å². The maximum Gasteiger partial charge on any atom is 0.307 e. The molecule has 0 aliphatic carbocycles. The SMILES string of the molecule is CNC(CC(=O)OC)c1cc(F)c(OC)cc1F. The Morgan fingerprint density at radius 1 is 1.33 bits per heavy atom. The number of rotatable bonds is 5. The smallest absolute Gasteiger partial charge is 0.307 e. The number of esters is 1. The molecule has 1 aromatic rings. The summed E-state index contributed by atoms with van der Waals surface area (Å²) in [4.78, 5) is 11.2. The molecule has 1 unspecified atom stereocenters. The molecular formula is C12H15F2NO3. The zero-order chi connectivity index (χ0) is 13.7. The molecule has 1 atom stereocenters. The van der Waals surface area contributed by atoms with Crippen LogP contribution in [0.25, 0.3) is 0 Å². The van der Waals surface area contributed by atoms with Crippen molar-refractivity contribution in [2.45, 2.75) is 12.5 Å². The van der Waals surface area contributed by atoms with E-state index in [4.69, 9.17) is 0 Å². The number of carbonyl (C=O) groups is 1. The Bertz CT molecular complexity index is 438. The summed E-state index contributed by atoms with van der Waals surface area (Å²) in [7, 11) is 4.04. The molecule has 0 aliphatic rings. The molecule has 100 valence electrons. The molecule has 0 amide bonds. The van der Waals surface area contributed by atoms with Gasteiger partial charge in [0.1, 0.15) is 5.82 Å². The lowest BCUT2D eigenvalue weighted by molar-refractivity contribution is -0.141. The lowest BCUT2D eigenvalue weighted by Crippen LogP contribution is -2.22. The van der Waals surface area contributed by atoms with Gasteiger partial charge in [0.05, 0.1) is 20.6 Å². The minimum Gasteiger partial charge on any atom is -0.494 e. The first-order valence-electron chi connectivity index (χ1n) is 5.30. The van der Waals surface area contributed by atoms with Crippen LogP contribution in [0.2, 0.25) is 0 Å². The van der Waals surface area contributed by atoms with Crippen LogP contribution in [0.4, 0.5) is 8.78 Å². The molecule has 6 heteroatoms. The normalized spacial score (nSPS) is 12.1. The molecule has 0 saturated carbocycles. The van der Waals surface area contributed by atoms with Crippen molar-refractivity contribution in [1.29, 1.82) is 0 Å². The van der Waals surface area contributed by atoms with Gasteiger partial charge in [-0.05, 0) is 13.1 Å². The van der Waals surface area contributed by atoms with Gasteiger partial charge in [-0.1, -0.05) is 0 Å². The zero-order valence-corrected chi connectivity index (χ0v) is 10.4. The molecule has 0 aliphatic heterocycles. The summed E-state index contributed by atoms with van der Waals surface area (Å²) >= 11 is 0. The summed E-state index contributed by atoms with van der Waals surface area (Å²) in [5, 5.41) is 2.74. The zero-order valence-electron chi connectivity index (χ0n) is 10.4. The second kappa shape index (κ2) is 6.30.